The van der Waals surface area contributed by atoms with Gasteiger partial charge in [0.25, 0.3) is 5.91 Å². The largest absolute Gasteiger partial charge is 0.497 e. The third kappa shape index (κ3) is 4.62. The third-order valence-electron chi connectivity index (χ3n) is 3.43. The molecule has 0 aliphatic carbocycles. The van der Waals surface area contributed by atoms with Crippen molar-refractivity contribution < 1.29 is 31.8 Å². The molecule has 0 atom stereocenters. The van der Waals surface area contributed by atoms with E-state index in [9.17, 15) is 22.4 Å². The van der Waals surface area contributed by atoms with Gasteiger partial charge in [0.15, 0.2) is 0 Å². The highest BCUT2D eigenvalue weighted by Crippen LogP contribution is 2.32. The van der Waals surface area contributed by atoms with Crippen molar-refractivity contribution in [3.05, 3.63) is 58.9 Å². The molecule has 0 radical (unpaired) electrons. The third-order valence-corrected chi connectivity index (χ3v) is 3.43. The summed E-state index contributed by atoms with van der Waals surface area (Å²) in [6.07, 6.45) is -4.72. The topological polar surface area (TPSA) is 47.6 Å². The van der Waals surface area contributed by atoms with Crippen molar-refractivity contribution in [1.82, 2.24) is 5.32 Å². The molecule has 2 aromatic carbocycles. The number of methoxy groups -OCH3 is 2. The standard InChI is InChI=1S/C17H15F4NO3/c1-24-13-5-11(6-14(8-13)25-2)16(23)22-9-10-3-4-12(18)7-15(10)17(19,20)21/h3-8H,9H2,1-2H3,(H,22,23). The molecule has 0 aromatic heterocycles. The van der Waals surface area contributed by atoms with E-state index in [0.29, 0.717) is 17.6 Å². The van der Waals surface area contributed by atoms with Crippen molar-refractivity contribution in [2.45, 2.75) is 12.7 Å². The Labute approximate surface area is 141 Å². The summed E-state index contributed by atoms with van der Waals surface area (Å²) < 4.78 is 62.0. The minimum absolute atomic E-state index is 0.159. The summed E-state index contributed by atoms with van der Waals surface area (Å²) in [5.74, 6) is -0.890. The summed E-state index contributed by atoms with van der Waals surface area (Å²) in [4.78, 5) is 12.2. The Hall–Kier alpha value is -2.77. The van der Waals surface area contributed by atoms with E-state index in [1.54, 1.807) is 6.07 Å². The molecule has 1 N–H and O–H groups in total. The number of hydrogen-bond acceptors (Lipinski definition) is 3. The van der Waals surface area contributed by atoms with Gasteiger partial charge in [-0.3, -0.25) is 4.79 Å². The van der Waals surface area contributed by atoms with Crippen LogP contribution in [0, 0.1) is 5.82 Å². The van der Waals surface area contributed by atoms with E-state index in [4.69, 9.17) is 9.47 Å². The van der Waals surface area contributed by atoms with Gasteiger partial charge in [-0.05, 0) is 29.8 Å². The van der Waals surface area contributed by atoms with E-state index in [1.807, 2.05) is 0 Å². The molecule has 0 unspecified atom stereocenters. The van der Waals surface area contributed by atoms with Crippen molar-refractivity contribution >= 4 is 5.91 Å². The molecular formula is C17H15F4NO3. The molecule has 0 bridgehead atoms. The Morgan fingerprint density at radius 2 is 1.64 bits per heavy atom. The van der Waals surface area contributed by atoms with Crippen LogP contribution in [0.5, 0.6) is 11.5 Å². The van der Waals surface area contributed by atoms with E-state index >= 15 is 0 Å². The lowest BCUT2D eigenvalue weighted by atomic mass is 10.1. The molecule has 0 saturated carbocycles. The first kappa shape index (κ1) is 18.6. The molecule has 0 aliphatic rings. The van der Waals surface area contributed by atoms with Gasteiger partial charge in [0.1, 0.15) is 17.3 Å². The molecule has 0 saturated heterocycles. The van der Waals surface area contributed by atoms with Crippen LogP contribution in [0.1, 0.15) is 21.5 Å². The van der Waals surface area contributed by atoms with Gasteiger partial charge in [-0.2, -0.15) is 13.2 Å². The monoisotopic (exact) mass is 357 g/mol. The number of carbonyl (C=O) groups excluding carboxylic acids is 1. The number of ether oxygens (including phenoxy) is 2. The van der Waals surface area contributed by atoms with Crippen molar-refractivity contribution in [2.24, 2.45) is 0 Å². The Kier molecular flexibility index (Phi) is 5.51. The van der Waals surface area contributed by atoms with Crippen molar-refractivity contribution in [3.8, 4) is 11.5 Å². The fourth-order valence-corrected chi connectivity index (χ4v) is 2.18. The molecule has 25 heavy (non-hydrogen) atoms. The molecule has 0 aliphatic heterocycles. The maximum absolute atomic E-state index is 13.1. The molecule has 2 aromatic rings. The molecule has 4 nitrogen and oxygen atoms in total. The Bertz CT molecular complexity index is 753. The Morgan fingerprint density at radius 1 is 1.04 bits per heavy atom. The van der Waals surface area contributed by atoms with E-state index in [1.165, 1.54) is 26.4 Å². The second kappa shape index (κ2) is 7.42. The van der Waals surface area contributed by atoms with Gasteiger partial charge in [0.2, 0.25) is 0 Å². The van der Waals surface area contributed by atoms with Gasteiger partial charge in [-0.15, -0.1) is 0 Å². The van der Waals surface area contributed by atoms with Crippen LogP contribution in [0.15, 0.2) is 36.4 Å². The fraction of sp³-hybridized carbons (Fsp3) is 0.235. The van der Waals surface area contributed by atoms with Gasteiger partial charge in [0.05, 0.1) is 19.8 Å². The fourth-order valence-electron chi connectivity index (χ4n) is 2.18. The van der Waals surface area contributed by atoms with Crippen LogP contribution < -0.4 is 14.8 Å². The van der Waals surface area contributed by atoms with Gasteiger partial charge in [-0.1, -0.05) is 6.07 Å². The van der Waals surface area contributed by atoms with Crippen molar-refractivity contribution in [1.29, 1.82) is 0 Å². The van der Waals surface area contributed by atoms with Gasteiger partial charge >= 0.3 is 6.18 Å². The van der Waals surface area contributed by atoms with E-state index < -0.39 is 30.0 Å². The average Bonchev–Trinajstić information content (AvgIpc) is 2.58. The van der Waals surface area contributed by atoms with E-state index in [0.717, 1.165) is 12.1 Å². The summed E-state index contributed by atoms with van der Waals surface area (Å²) >= 11 is 0. The first-order chi connectivity index (χ1) is 11.7. The SMILES string of the molecule is COc1cc(OC)cc(C(=O)NCc2ccc(F)cc2C(F)(F)F)c1. The summed E-state index contributed by atoms with van der Waals surface area (Å²) in [6.45, 7) is -0.409. The Morgan fingerprint density at radius 3 is 2.16 bits per heavy atom. The number of rotatable bonds is 5. The van der Waals surface area contributed by atoms with Crippen LogP contribution in [-0.2, 0) is 12.7 Å². The predicted molar refractivity (Wildman–Crippen MR) is 82.1 cm³/mol. The minimum atomic E-state index is -4.72. The average molecular weight is 357 g/mol. The summed E-state index contributed by atoms with van der Waals surface area (Å²) in [6, 6.07) is 6.70. The number of benzene rings is 2. The molecule has 0 spiro atoms. The predicted octanol–water partition coefficient (Wildman–Crippen LogP) is 3.79. The van der Waals surface area contributed by atoms with Crippen molar-refractivity contribution in [2.75, 3.05) is 14.2 Å². The number of alkyl halides is 3. The zero-order chi connectivity index (χ0) is 18.6. The van der Waals surface area contributed by atoms with Crippen LogP contribution in [0.2, 0.25) is 0 Å². The first-order valence-electron chi connectivity index (χ1n) is 7.11. The summed E-state index contributed by atoms with van der Waals surface area (Å²) in [5.41, 5.74) is -1.21. The minimum Gasteiger partial charge on any atom is -0.497 e. The molecule has 2 rings (SSSR count). The molecule has 1 amide bonds. The first-order valence-corrected chi connectivity index (χ1v) is 7.11. The quantitative estimate of drug-likeness (QED) is 0.829. The maximum Gasteiger partial charge on any atom is 0.416 e. The molecule has 0 heterocycles. The lowest BCUT2D eigenvalue weighted by Gasteiger charge is -2.14. The van der Waals surface area contributed by atoms with E-state index in [2.05, 4.69) is 5.32 Å². The lowest BCUT2D eigenvalue weighted by molar-refractivity contribution is -0.138. The lowest BCUT2D eigenvalue weighted by Crippen LogP contribution is -2.24. The zero-order valence-corrected chi connectivity index (χ0v) is 13.4. The maximum atomic E-state index is 13.1. The van der Waals surface area contributed by atoms with Crippen LogP contribution in [0.4, 0.5) is 17.6 Å². The number of amides is 1. The summed E-state index contributed by atoms with van der Waals surface area (Å²) in [7, 11) is 2.81. The second-order valence-corrected chi connectivity index (χ2v) is 5.08. The number of halogens is 4. The van der Waals surface area contributed by atoms with Gasteiger partial charge in [-0.25, -0.2) is 4.39 Å². The molecule has 8 heteroatoms. The molecular weight excluding hydrogens is 342 g/mol. The number of hydrogen-bond donors (Lipinski definition) is 1. The Balaban J connectivity index is 2.21. The van der Waals surface area contributed by atoms with Gasteiger partial charge in [0, 0.05) is 18.2 Å². The number of nitrogens with one attached hydrogen (secondary N) is 1. The van der Waals surface area contributed by atoms with Crippen molar-refractivity contribution in [3.63, 3.8) is 0 Å². The van der Waals surface area contributed by atoms with Gasteiger partial charge < -0.3 is 14.8 Å². The number of carbonyl (C=O) groups is 1. The highest BCUT2D eigenvalue weighted by molar-refractivity contribution is 5.95. The smallest absolute Gasteiger partial charge is 0.416 e. The zero-order valence-electron chi connectivity index (χ0n) is 13.4. The summed E-state index contributed by atoms with van der Waals surface area (Å²) in [5, 5.41) is 2.38. The van der Waals surface area contributed by atoms with Crippen LogP contribution in [0.3, 0.4) is 0 Å². The highest BCUT2D eigenvalue weighted by atomic mass is 19.4. The van der Waals surface area contributed by atoms with E-state index in [-0.39, 0.29) is 11.1 Å². The van der Waals surface area contributed by atoms with Crippen LogP contribution >= 0.6 is 0 Å². The van der Waals surface area contributed by atoms with Crippen LogP contribution in [-0.4, -0.2) is 20.1 Å². The normalized spacial score (nSPS) is 11.1. The van der Waals surface area contributed by atoms with Crippen LogP contribution in [0.25, 0.3) is 0 Å². The highest BCUT2D eigenvalue weighted by Gasteiger charge is 2.33. The molecule has 0 fully saturated rings. The molecule has 134 valence electrons. The second-order valence-electron chi connectivity index (χ2n) is 5.08.